The van der Waals surface area contributed by atoms with Crippen LogP contribution in [0.2, 0.25) is 0 Å². The number of fused-ring (bicyclic) bond motifs is 1. The van der Waals surface area contributed by atoms with Crippen LogP contribution in [0.5, 0.6) is 5.75 Å². The molecule has 8 nitrogen and oxygen atoms in total. The van der Waals surface area contributed by atoms with Crippen molar-refractivity contribution < 1.29 is 13.9 Å². The monoisotopic (exact) mass is 367 g/mol. The van der Waals surface area contributed by atoms with Gasteiger partial charge in [-0.1, -0.05) is 0 Å². The Hall–Kier alpha value is -3.16. The summed E-state index contributed by atoms with van der Waals surface area (Å²) in [6, 6.07) is 3.61. The highest BCUT2D eigenvalue weighted by Crippen LogP contribution is 2.40. The molecule has 0 saturated heterocycles. The predicted octanol–water partition coefficient (Wildman–Crippen LogP) is 2.83. The fourth-order valence-electron chi connectivity index (χ4n) is 2.91. The first-order valence-corrected chi connectivity index (χ1v) is 8.78. The largest absolute Gasteiger partial charge is 0.495 e. The summed E-state index contributed by atoms with van der Waals surface area (Å²) in [6.45, 7) is 4.18. The summed E-state index contributed by atoms with van der Waals surface area (Å²) in [5.41, 5.74) is 1.61. The van der Waals surface area contributed by atoms with Gasteiger partial charge in [-0.15, -0.1) is 0 Å². The Morgan fingerprint density at radius 2 is 2.11 bits per heavy atom. The number of methoxy groups -OCH3 is 1. The first-order chi connectivity index (χ1) is 13.0. The summed E-state index contributed by atoms with van der Waals surface area (Å²) in [7, 11) is 1.58. The number of carbonyl (C=O) groups is 1. The second-order valence-corrected chi connectivity index (χ2v) is 6.99. The van der Waals surface area contributed by atoms with E-state index in [4.69, 9.17) is 9.15 Å². The van der Waals surface area contributed by atoms with Crippen LogP contribution in [0.1, 0.15) is 41.6 Å². The van der Waals surface area contributed by atoms with Crippen molar-refractivity contribution in [3.05, 3.63) is 41.7 Å². The fraction of sp³-hybridized carbons (Fsp3) is 0.368. The smallest absolute Gasteiger partial charge is 0.255 e. The van der Waals surface area contributed by atoms with E-state index in [-0.39, 0.29) is 11.4 Å². The van der Waals surface area contributed by atoms with Crippen LogP contribution in [-0.4, -0.2) is 33.5 Å². The van der Waals surface area contributed by atoms with Gasteiger partial charge in [-0.05, 0) is 38.8 Å². The minimum atomic E-state index is -0.248. The van der Waals surface area contributed by atoms with Crippen molar-refractivity contribution in [2.75, 3.05) is 12.4 Å². The van der Waals surface area contributed by atoms with Crippen LogP contribution in [0.15, 0.2) is 29.1 Å². The SMILES string of the molecule is COc1ccc(CNC(=O)c2c(C)oc3ncnc(NC4(C)CC4)c23)nc1. The molecule has 0 aliphatic heterocycles. The second kappa shape index (κ2) is 6.53. The molecule has 0 aromatic carbocycles. The topological polar surface area (TPSA) is 102 Å². The molecule has 1 amide bonds. The van der Waals surface area contributed by atoms with Crippen molar-refractivity contribution in [2.24, 2.45) is 0 Å². The Kier molecular flexibility index (Phi) is 4.18. The molecule has 0 radical (unpaired) electrons. The van der Waals surface area contributed by atoms with Gasteiger partial charge >= 0.3 is 0 Å². The summed E-state index contributed by atoms with van der Waals surface area (Å²) in [6.07, 6.45) is 5.20. The average Bonchev–Trinajstić information content (AvgIpc) is 3.28. The van der Waals surface area contributed by atoms with E-state index in [1.807, 2.05) is 6.07 Å². The van der Waals surface area contributed by atoms with Gasteiger partial charge in [0.1, 0.15) is 23.7 Å². The van der Waals surface area contributed by atoms with Crippen LogP contribution in [0.3, 0.4) is 0 Å². The molecule has 2 N–H and O–H groups in total. The number of aryl methyl sites for hydroxylation is 1. The third-order valence-corrected chi connectivity index (χ3v) is 4.77. The number of amides is 1. The van der Waals surface area contributed by atoms with Crippen LogP contribution >= 0.6 is 0 Å². The zero-order valence-electron chi connectivity index (χ0n) is 15.5. The molecule has 1 aliphatic rings. The molecular formula is C19H21N5O3. The number of rotatable bonds is 6. The van der Waals surface area contributed by atoms with Gasteiger partial charge in [0.2, 0.25) is 5.71 Å². The van der Waals surface area contributed by atoms with Crippen molar-refractivity contribution in [1.82, 2.24) is 20.3 Å². The van der Waals surface area contributed by atoms with Crippen LogP contribution in [0.25, 0.3) is 11.1 Å². The van der Waals surface area contributed by atoms with Crippen LogP contribution in [0.4, 0.5) is 5.82 Å². The molecule has 3 aromatic heterocycles. The standard InChI is InChI=1S/C19H21N5O3/c1-11-14(17(25)21-8-12-4-5-13(26-3)9-20-12)15-16(24-19(2)6-7-19)22-10-23-18(15)27-11/h4-5,9-10H,6-8H2,1-3H3,(H,21,25)(H,22,23,24). The minimum Gasteiger partial charge on any atom is -0.495 e. The number of nitrogens with one attached hydrogen (secondary N) is 2. The van der Waals surface area contributed by atoms with E-state index >= 15 is 0 Å². The van der Waals surface area contributed by atoms with Crippen LogP contribution in [0, 0.1) is 6.92 Å². The molecule has 0 spiro atoms. The van der Waals surface area contributed by atoms with E-state index in [0.717, 1.165) is 18.5 Å². The number of pyridine rings is 1. The van der Waals surface area contributed by atoms with Gasteiger partial charge in [-0.2, -0.15) is 0 Å². The molecule has 8 heteroatoms. The van der Waals surface area contributed by atoms with Gasteiger partial charge in [-0.25, -0.2) is 9.97 Å². The molecule has 1 saturated carbocycles. The first kappa shape index (κ1) is 17.3. The van der Waals surface area contributed by atoms with Gasteiger partial charge in [-0.3, -0.25) is 9.78 Å². The summed E-state index contributed by atoms with van der Waals surface area (Å²) >= 11 is 0. The van der Waals surface area contributed by atoms with E-state index in [1.54, 1.807) is 26.3 Å². The van der Waals surface area contributed by atoms with Gasteiger partial charge in [0.25, 0.3) is 5.91 Å². The lowest BCUT2D eigenvalue weighted by Crippen LogP contribution is -2.24. The summed E-state index contributed by atoms with van der Waals surface area (Å²) in [5, 5.41) is 6.92. The molecular weight excluding hydrogens is 346 g/mol. The molecule has 1 fully saturated rings. The molecule has 27 heavy (non-hydrogen) atoms. The maximum absolute atomic E-state index is 12.9. The molecule has 3 heterocycles. The number of hydrogen-bond donors (Lipinski definition) is 2. The maximum atomic E-state index is 12.9. The number of furan rings is 1. The van der Waals surface area contributed by atoms with Crippen LogP contribution < -0.4 is 15.4 Å². The Morgan fingerprint density at radius 1 is 1.30 bits per heavy atom. The fourth-order valence-corrected chi connectivity index (χ4v) is 2.91. The van der Waals surface area contributed by atoms with E-state index in [9.17, 15) is 4.79 Å². The number of nitrogens with zero attached hydrogens (tertiary/aromatic N) is 3. The number of anilines is 1. The van der Waals surface area contributed by atoms with Crippen molar-refractivity contribution in [3.63, 3.8) is 0 Å². The predicted molar refractivity (Wildman–Crippen MR) is 99.8 cm³/mol. The normalized spacial score (nSPS) is 14.8. The number of ether oxygens (including phenoxy) is 1. The van der Waals surface area contributed by atoms with Crippen molar-refractivity contribution in [2.45, 2.75) is 38.8 Å². The summed E-state index contributed by atoms with van der Waals surface area (Å²) in [5.74, 6) is 1.56. The highest BCUT2D eigenvalue weighted by Gasteiger charge is 2.38. The molecule has 0 unspecified atom stereocenters. The van der Waals surface area contributed by atoms with Crippen molar-refractivity contribution >= 4 is 22.8 Å². The zero-order chi connectivity index (χ0) is 19.0. The molecule has 140 valence electrons. The van der Waals surface area contributed by atoms with Crippen molar-refractivity contribution in [3.8, 4) is 5.75 Å². The Labute approximate surface area is 156 Å². The number of carbonyl (C=O) groups excluding carboxylic acids is 1. The third-order valence-electron chi connectivity index (χ3n) is 4.77. The maximum Gasteiger partial charge on any atom is 0.255 e. The zero-order valence-corrected chi connectivity index (χ0v) is 15.5. The lowest BCUT2D eigenvalue weighted by Gasteiger charge is -2.13. The Balaban J connectivity index is 1.59. The molecule has 1 aliphatic carbocycles. The lowest BCUT2D eigenvalue weighted by molar-refractivity contribution is 0.0950. The summed E-state index contributed by atoms with van der Waals surface area (Å²) in [4.78, 5) is 25.6. The third kappa shape index (κ3) is 3.42. The average molecular weight is 367 g/mol. The van der Waals surface area contributed by atoms with Gasteiger partial charge in [0.15, 0.2) is 0 Å². The van der Waals surface area contributed by atoms with Crippen LogP contribution in [-0.2, 0) is 6.54 Å². The first-order valence-electron chi connectivity index (χ1n) is 8.78. The van der Waals surface area contributed by atoms with Crippen molar-refractivity contribution in [1.29, 1.82) is 0 Å². The lowest BCUT2D eigenvalue weighted by atomic mass is 10.1. The van der Waals surface area contributed by atoms with Gasteiger partial charge < -0.3 is 19.8 Å². The van der Waals surface area contributed by atoms with Gasteiger partial charge in [0.05, 0.1) is 36.5 Å². The van der Waals surface area contributed by atoms with E-state index in [1.165, 1.54) is 6.33 Å². The van der Waals surface area contributed by atoms with E-state index in [2.05, 4.69) is 32.5 Å². The second-order valence-electron chi connectivity index (χ2n) is 6.99. The highest BCUT2D eigenvalue weighted by atomic mass is 16.5. The Morgan fingerprint density at radius 3 is 2.78 bits per heavy atom. The Bertz CT molecular complexity index is 992. The summed E-state index contributed by atoms with van der Waals surface area (Å²) < 4.78 is 10.8. The van der Waals surface area contributed by atoms with Gasteiger partial charge in [0, 0.05) is 5.54 Å². The van der Waals surface area contributed by atoms with E-state index < -0.39 is 0 Å². The molecule has 4 rings (SSSR count). The van der Waals surface area contributed by atoms with E-state index in [0.29, 0.717) is 40.5 Å². The number of hydrogen-bond acceptors (Lipinski definition) is 7. The minimum absolute atomic E-state index is 0.0211. The number of aromatic nitrogens is 3. The molecule has 0 bridgehead atoms. The quantitative estimate of drug-likeness (QED) is 0.690. The molecule has 0 atom stereocenters. The molecule has 3 aromatic rings. The highest BCUT2D eigenvalue weighted by molar-refractivity contribution is 6.10.